The van der Waals surface area contributed by atoms with E-state index in [4.69, 9.17) is 4.74 Å². The molecule has 0 bridgehead atoms. The minimum absolute atomic E-state index is 0.245. The van der Waals surface area contributed by atoms with Crippen LogP contribution in [0, 0.1) is 5.92 Å². The third-order valence-corrected chi connectivity index (χ3v) is 3.70. The second-order valence-electron chi connectivity index (χ2n) is 5.62. The molecule has 0 spiro atoms. The van der Waals surface area contributed by atoms with Crippen LogP contribution in [0.15, 0.2) is 0 Å². The van der Waals surface area contributed by atoms with Crippen LogP contribution in [0.3, 0.4) is 0 Å². The van der Waals surface area contributed by atoms with Gasteiger partial charge in [-0.25, -0.2) is 0 Å². The Morgan fingerprint density at radius 2 is 1.73 bits per heavy atom. The number of nitrogens with one attached hydrogen (secondary N) is 1. The van der Waals surface area contributed by atoms with Crippen molar-refractivity contribution in [2.45, 2.75) is 51.7 Å². The van der Waals surface area contributed by atoms with Gasteiger partial charge in [-0.15, -0.1) is 0 Å². The van der Waals surface area contributed by atoms with Gasteiger partial charge in [-0.1, -0.05) is 0 Å². The van der Waals surface area contributed by atoms with E-state index in [1.807, 2.05) is 27.7 Å². The lowest BCUT2D eigenvalue weighted by Gasteiger charge is -2.39. The maximum Gasteiger partial charge on any atom is 0.0767 e. The number of aliphatic hydroxyl groups is 1. The maximum absolute atomic E-state index is 9.99. The van der Waals surface area contributed by atoms with E-state index in [2.05, 4.69) is 5.32 Å². The van der Waals surface area contributed by atoms with Crippen LogP contribution < -0.4 is 5.32 Å². The summed E-state index contributed by atoms with van der Waals surface area (Å²) < 4.78 is 5.32. The molecule has 0 unspecified atom stereocenters. The fraction of sp³-hybridized carbons (Fsp3) is 1.00. The molecule has 0 aromatic rings. The summed E-state index contributed by atoms with van der Waals surface area (Å²) in [5.41, 5.74) is -0.941. The Morgan fingerprint density at radius 1 is 1.20 bits per heavy atom. The van der Waals surface area contributed by atoms with E-state index in [1.165, 1.54) is 0 Å². The number of hydrogen-bond acceptors (Lipinski definition) is 3. The molecule has 0 radical (unpaired) electrons. The Labute approximate surface area is 93.2 Å². The van der Waals surface area contributed by atoms with Crippen LogP contribution in [0.4, 0.5) is 0 Å². The van der Waals surface area contributed by atoms with Gasteiger partial charge in [0.1, 0.15) is 0 Å². The summed E-state index contributed by atoms with van der Waals surface area (Å²) in [6, 6.07) is 0. The average Bonchev–Trinajstić information content (AvgIpc) is 2.15. The summed E-state index contributed by atoms with van der Waals surface area (Å²) >= 11 is 0. The SMILES string of the molecule is CC(C)(O)C(C)(C)NCC1CCOCC1. The first kappa shape index (κ1) is 12.9. The van der Waals surface area contributed by atoms with Crippen molar-refractivity contribution in [3.8, 4) is 0 Å². The lowest BCUT2D eigenvalue weighted by molar-refractivity contribution is -0.00990. The molecule has 1 aliphatic rings. The first-order valence-electron chi connectivity index (χ1n) is 5.88. The first-order chi connectivity index (χ1) is 6.83. The van der Waals surface area contributed by atoms with Gasteiger partial charge in [0.05, 0.1) is 5.60 Å². The van der Waals surface area contributed by atoms with E-state index in [0.29, 0.717) is 5.92 Å². The van der Waals surface area contributed by atoms with E-state index >= 15 is 0 Å². The molecular formula is C12H25NO2. The second-order valence-corrected chi connectivity index (χ2v) is 5.62. The fourth-order valence-electron chi connectivity index (χ4n) is 1.57. The van der Waals surface area contributed by atoms with Crippen molar-refractivity contribution in [1.29, 1.82) is 0 Å². The third-order valence-electron chi connectivity index (χ3n) is 3.70. The van der Waals surface area contributed by atoms with Gasteiger partial charge in [0.25, 0.3) is 0 Å². The van der Waals surface area contributed by atoms with Crippen molar-refractivity contribution in [3.05, 3.63) is 0 Å². The highest BCUT2D eigenvalue weighted by atomic mass is 16.5. The molecule has 1 rings (SSSR count). The Hall–Kier alpha value is -0.120. The molecule has 3 nitrogen and oxygen atoms in total. The third kappa shape index (κ3) is 3.74. The summed E-state index contributed by atoms with van der Waals surface area (Å²) in [4.78, 5) is 0. The van der Waals surface area contributed by atoms with Crippen molar-refractivity contribution in [2.75, 3.05) is 19.8 Å². The van der Waals surface area contributed by atoms with E-state index in [1.54, 1.807) is 0 Å². The molecule has 1 saturated heterocycles. The number of ether oxygens (including phenoxy) is 1. The molecule has 2 N–H and O–H groups in total. The van der Waals surface area contributed by atoms with Gasteiger partial charge in [-0.2, -0.15) is 0 Å². The van der Waals surface area contributed by atoms with E-state index in [9.17, 15) is 5.11 Å². The highest BCUT2D eigenvalue weighted by Crippen LogP contribution is 2.22. The predicted molar refractivity (Wildman–Crippen MR) is 61.9 cm³/mol. The normalized spacial score (nSPS) is 20.6. The maximum atomic E-state index is 9.99. The van der Waals surface area contributed by atoms with Crippen molar-refractivity contribution < 1.29 is 9.84 Å². The molecule has 90 valence electrons. The summed E-state index contributed by atoms with van der Waals surface area (Å²) in [7, 11) is 0. The summed E-state index contributed by atoms with van der Waals surface area (Å²) in [6.45, 7) is 10.5. The highest BCUT2D eigenvalue weighted by Gasteiger charge is 2.34. The van der Waals surface area contributed by atoms with Crippen LogP contribution >= 0.6 is 0 Å². The topological polar surface area (TPSA) is 41.5 Å². The zero-order valence-corrected chi connectivity index (χ0v) is 10.5. The largest absolute Gasteiger partial charge is 0.389 e. The van der Waals surface area contributed by atoms with Gasteiger partial charge in [-0.3, -0.25) is 0 Å². The number of hydrogen-bond donors (Lipinski definition) is 2. The van der Waals surface area contributed by atoms with Crippen molar-refractivity contribution in [2.24, 2.45) is 5.92 Å². The molecule has 0 saturated carbocycles. The second kappa shape index (κ2) is 4.81. The number of rotatable bonds is 4. The molecule has 15 heavy (non-hydrogen) atoms. The van der Waals surface area contributed by atoms with Crippen LogP contribution in [0.25, 0.3) is 0 Å². The van der Waals surface area contributed by atoms with E-state index < -0.39 is 5.60 Å². The molecule has 1 aliphatic heterocycles. The standard InChI is InChI=1S/C12H25NO2/c1-11(2,12(3,4)14)13-9-10-5-7-15-8-6-10/h10,13-14H,5-9H2,1-4H3. The molecule has 0 aromatic carbocycles. The highest BCUT2D eigenvalue weighted by molar-refractivity contribution is 4.93. The molecular weight excluding hydrogens is 190 g/mol. The van der Waals surface area contributed by atoms with Gasteiger partial charge in [-0.05, 0) is 53.0 Å². The Morgan fingerprint density at radius 3 is 2.20 bits per heavy atom. The van der Waals surface area contributed by atoms with Gasteiger partial charge in [0.2, 0.25) is 0 Å². The fourth-order valence-corrected chi connectivity index (χ4v) is 1.57. The van der Waals surface area contributed by atoms with Crippen LogP contribution in [0.1, 0.15) is 40.5 Å². The minimum atomic E-state index is -0.696. The quantitative estimate of drug-likeness (QED) is 0.747. The molecule has 0 atom stereocenters. The lowest BCUT2D eigenvalue weighted by Crippen LogP contribution is -2.57. The summed E-state index contributed by atoms with van der Waals surface area (Å²) in [6.07, 6.45) is 2.27. The van der Waals surface area contributed by atoms with Crippen molar-refractivity contribution >= 4 is 0 Å². The van der Waals surface area contributed by atoms with Gasteiger partial charge >= 0.3 is 0 Å². The van der Waals surface area contributed by atoms with Crippen molar-refractivity contribution in [1.82, 2.24) is 5.32 Å². The minimum Gasteiger partial charge on any atom is -0.389 e. The van der Waals surface area contributed by atoms with E-state index in [0.717, 1.165) is 32.6 Å². The Bertz CT molecular complexity index is 190. The summed E-state index contributed by atoms with van der Waals surface area (Å²) in [5, 5.41) is 13.5. The average molecular weight is 215 g/mol. The molecule has 1 fully saturated rings. The van der Waals surface area contributed by atoms with Crippen LogP contribution in [-0.4, -0.2) is 36.0 Å². The zero-order valence-electron chi connectivity index (χ0n) is 10.5. The predicted octanol–water partition coefficient (Wildman–Crippen LogP) is 1.55. The van der Waals surface area contributed by atoms with Crippen LogP contribution in [0.2, 0.25) is 0 Å². The first-order valence-corrected chi connectivity index (χ1v) is 5.88. The Balaban J connectivity index is 2.35. The molecule has 1 heterocycles. The monoisotopic (exact) mass is 215 g/mol. The Kier molecular flexibility index (Phi) is 4.15. The van der Waals surface area contributed by atoms with Gasteiger partial charge in [0, 0.05) is 18.8 Å². The van der Waals surface area contributed by atoms with E-state index in [-0.39, 0.29) is 5.54 Å². The lowest BCUT2D eigenvalue weighted by atomic mass is 9.85. The molecule has 0 amide bonds. The zero-order chi connectivity index (χ0) is 11.5. The van der Waals surface area contributed by atoms with Crippen LogP contribution in [-0.2, 0) is 4.74 Å². The smallest absolute Gasteiger partial charge is 0.0767 e. The van der Waals surface area contributed by atoms with Gasteiger partial charge < -0.3 is 15.2 Å². The van der Waals surface area contributed by atoms with Crippen LogP contribution in [0.5, 0.6) is 0 Å². The van der Waals surface area contributed by atoms with Gasteiger partial charge in [0.15, 0.2) is 0 Å². The van der Waals surface area contributed by atoms with Crippen molar-refractivity contribution in [3.63, 3.8) is 0 Å². The summed E-state index contributed by atoms with van der Waals surface area (Å²) in [5.74, 6) is 0.695. The molecule has 0 aliphatic carbocycles. The molecule has 0 aromatic heterocycles. The molecule has 3 heteroatoms.